The average molecular weight is 304 g/mol. The van der Waals surface area contributed by atoms with E-state index in [2.05, 4.69) is 5.16 Å². The van der Waals surface area contributed by atoms with Crippen molar-refractivity contribution in [1.82, 2.24) is 5.06 Å². The summed E-state index contributed by atoms with van der Waals surface area (Å²) in [5.74, 6) is 0. The van der Waals surface area contributed by atoms with Gasteiger partial charge in [-0.15, -0.1) is 16.8 Å². The molecule has 0 aliphatic carbocycles. The van der Waals surface area contributed by atoms with Crippen molar-refractivity contribution in [3.63, 3.8) is 0 Å². The van der Waals surface area contributed by atoms with E-state index in [9.17, 15) is 13.2 Å². The van der Waals surface area contributed by atoms with Gasteiger partial charge in [0.1, 0.15) is 0 Å². The number of alkyl halides is 3. The fraction of sp³-hybridized carbons (Fsp3) is 0.462. The van der Waals surface area contributed by atoms with Crippen LogP contribution in [0.1, 0.15) is 23.6 Å². The summed E-state index contributed by atoms with van der Waals surface area (Å²) in [5.41, 5.74) is 1.72. The Kier molecular flexibility index (Phi) is 4.29. The number of nitrogens with zero attached hydrogens (tertiary/aromatic N) is 2. The lowest BCUT2D eigenvalue weighted by atomic mass is 10.0. The van der Waals surface area contributed by atoms with Crippen LogP contribution < -0.4 is 0 Å². The first-order valence-corrected chi connectivity index (χ1v) is 7.24. The van der Waals surface area contributed by atoms with Gasteiger partial charge in [-0.3, -0.25) is 4.94 Å². The second-order valence-electron chi connectivity index (χ2n) is 4.63. The van der Waals surface area contributed by atoms with Crippen LogP contribution in [0.25, 0.3) is 0 Å². The van der Waals surface area contributed by atoms with E-state index in [4.69, 9.17) is 4.94 Å². The Bertz CT molecular complexity index is 543. The molecular formula is C13H15F3N2OS. The van der Waals surface area contributed by atoms with Gasteiger partial charge in [-0.1, -0.05) is 11.2 Å². The van der Waals surface area contributed by atoms with Crippen LogP contribution in [0.2, 0.25) is 0 Å². The van der Waals surface area contributed by atoms with Crippen molar-refractivity contribution in [2.75, 3.05) is 12.8 Å². The molecule has 3 nitrogen and oxygen atoms in total. The second-order valence-corrected chi connectivity index (χ2v) is 5.45. The Morgan fingerprint density at radius 3 is 2.55 bits per heavy atom. The normalized spacial score (nSPS) is 16.2. The summed E-state index contributed by atoms with van der Waals surface area (Å²) in [6.45, 7) is 4.53. The summed E-state index contributed by atoms with van der Waals surface area (Å²) in [6.07, 6.45) is -2.67. The molecule has 7 heteroatoms. The molecule has 0 N–H and O–H groups in total. The molecule has 1 aliphatic rings. The lowest BCUT2D eigenvalue weighted by Gasteiger charge is -2.19. The number of oxime groups is 1. The van der Waals surface area contributed by atoms with E-state index in [-0.39, 0.29) is 4.90 Å². The van der Waals surface area contributed by atoms with E-state index in [0.717, 1.165) is 29.1 Å². The minimum atomic E-state index is -4.33. The van der Waals surface area contributed by atoms with Crippen LogP contribution in [0, 0.1) is 6.92 Å². The Labute approximate surface area is 119 Å². The number of halogens is 3. The fourth-order valence-electron chi connectivity index (χ4n) is 2.11. The number of hydrogen-bond donors (Lipinski definition) is 0. The van der Waals surface area contributed by atoms with E-state index in [1.54, 1.807) is 18.2 Å². The van der Waals surface area contributed by atoms with Crippen molar-refractivity contribution in [3.05, 3.63) is 28.8 Å². The van der Waals surface area contributed by atoms with Crippen molar-refractivity contribution >= 4 is 17.5 Å². The smallest absolute Gasteiger partial charge is 0.296 e. The topological polar surface area (TPSA) is 24.8 Å². The third-order valence-corrected chi connectivity index (χ3v) is 4.03. The number of hydrogen-bond acceptors (Lipinski definition) is 4. The minimum Gasteiger partial charge on any atom is -0.296 e. The lowest BCUT2D eigenvalue weighted by molar-refractivity contribution is -0.140. The summed E-state index contributed by atoms with van der Waals surface area (Å²) in [6, 6.07) is 2.65. The van der Waals surface area contributed by atoms with E-state index in [1.807, 2.05) is 6.92 Å². The first-order chi connectivity index (χ1) is 9.32. The molecule has 1 aliphatic heterocycles. The van der Waals surface area contributed by atoms with E-state index < -0.39 is 11.7 Å². The highest BCUT2D eigenvalue weighted by Crippen LogP contribution is 2.39. The average Bonchev–Trinajstić information content (AvgIpc) is 2.75. The van der Waals surface area contributed by atoms with E-state index >= 15 is 0 Å². The van der Waals surface area contributed by atoms with Crippen LogP contribution in [-0.4, -0.2) is 23.6 Å². The van der Waals surface area contributed by atoms with Gasteiger partial charge in [0.25, 0.3) is 0 Å². The molecule has 0 saturated heterocycles. The molecule has 0 aromatic heterocycles. The van der Waals surface area contributed by atoms with Gasteiger partial charge >= 0.3 is 6.18 Å². The van der Waals surface area contributed by atoms with Crippen molar-refractivity contribution in [2.45, 2.75) is 31.5 Å². The van der Waals surface area contributed by atoms with Crippen molar-refractivity contribution < 1.29 is 18.1 Å². The SMILES string of the molecule is CSc1c(C(F)(F)F)ccc(CN2CC(C)=NO2)c1C. The molecule has 1 aromatic rings. The predicted molar refractivity (Wildman–Crippen MR) is 72.6 cm³/mol. The number of rotatable bonds is 3. The lowest BCUT2D eigenvalue weighted by Crippen LogP contribution is -2.21. The molecule has 2 rings (SSSR count). The summed E-state index contributed by atoms with van der Waals surface area (Å²) in [5, 5.41) is 5.42. The van der Waals surface area contributed by atoms with Gasteiger partial charge in [0.15, 0.2) is 0 Å². The largest absolute Gasteiger partial charge is 0.417 e. The van der Waals surface area contributed by atoms with Gasteiger partial charge in [-0.05, 0) is 37.3 Å². The monoisotopic (exact) mass is 304 g/mol. The van der Waals surface area contributed by atoms with Crippen LogP contribution in [0.5, 0.6) is 0 Å². The molecule has 0 bridgehead atoms. The molecule has 20 heavy (non-hydrogen) atoms. The first-order valence-electron chi connectivity index (χ1n) is 6.02. The molecule has 0 unspecified atom stereocenters. The molecule has 0 amide bonds. The standard InChI is InChI=1S/C13H15F3N2OS/c1-8-6-18(19-17-8)7-10-4-5-11(13(14,15)16)12(20-3)9(10)2/h4-5H,6-7H2,1-3H3. The highest BCUT2D eigenvalue weighted by atomic mass is 32.2. The molecule has 0 fully saturated rings. The van der Waals surface area contributed by atoms with Gasteiger partial charge in [-0.25, -0.2) is 0 Å². The Morgan fingerprint density at radius 1 is 1.35 bits per heavy atom. The minimum absolute atomic E-state index is 0.270. The Hall–Kier alpha value is -1.21. The van der Waals surface area contributed by atoms with Gasteiger partial charge in [0.2, 0.25) is 0 Å². The molecular weight excluding hydrogens is 289 g/mol. The summed E-state index contributed by atoms with van der Waals surface area (Å²) in [4.78, 5) is 5.36. The quantitative estimate of drug-likeness (QED) is 0.793. The highest BCUT2D eigenvalue weighted by Gasteiger charge is 2.34. The summed E-state index contributed by atoms with van der Waals surface area (Å²) < 4.78 is 38.8. The summed E-state index contributed by atoms with van der Waals surface area (Å²) in [7, 11) is 0. The van der Waals surface area contributed by atoms with Gasteiger partial charge < -0.3 is 0 Å². The van der Waals surface area contributed by atoms with Crippen LogP contribution >= 0.6 is 11.8 Å². The molecule has 0 saturated carbocycles. The molecule has 0 radical (unpaired) electrons. The van der Waals surface area contributed by atoms with Crippen molar-refractivity contribution in [2.24, 2.45) is 5.16 Å². The molecule has 110 valence electrons. The maximum atomic E-state index is 12.9. The molecule has 1 aromatic carbocycles. The summed E-state index contributed by atoms with van der Waals surface area (Å²) >= 11 is 1.11. The van der Waals surface area contributed by atoms with Crippen LogP contribution in [0.15, 0.2) is 22.2 Å². The number of thioether (sulfide) groups is 1. The van der Waals surface area contributed by atoms with E-state index in [1.165, 1.54) is 6.07 Å². The van der Waals surface area contributed by atoms with E-state index in [0.29, 0.717) is 18.7 Å². The zero-order valence-electron chi connectivity index (χ0n) is 11.4. The second kappa shape index (κ2) is 5.65. The molecule has 1 heterocycles. The van der Waals surface area contributed by atoms with Gasteiger partial charge in [-0.2, -0.15) is 13.2 Å². The Balaban J connectivity index is 2.28. The predicted octanol–water partition coefficient (Wildman–Crippen LogP) is 3.86. The van der Waals surface area contributed by atoms with Gasteiger partial charge in [0.05, 0.1) is 24.4 Å². The maximum Gasteiger partial charge on any atom is 0.417 e. The zero-order valence-corrected chi connectivity index (χ0v) is 12.2. The van der Waals surface area contributed by atoms with Gasteiger partial charge in [0, 0.05) is 4.90 Å². The van der Waals surface area contributed by atoms with Crippen LogP contribution in [0.4, 0.5) is 13.2 Å². The first kappa shape index (κ1) is 15.2. The van der Waals surface area contributed by atoms with Crippen molar-refractivity contribution in [1.29, 1.82) is 0 Å². The fourth-order valence-corrected chi connectivity index (χ4v) is 2.95. The third kappa shape index (κ3) is 3.09. The highest BCUT2D eigenvalue weighted by molar-refractivity contribution is 7.98. The van der Waals surface area contributed by atoms with Crippen LogP contribution in [0.3, 0.4) is 0 Å². The molecule has 0 spiro atoms. The Morgan fingerprint density at radius 2 is 2.05 bits per heavy atom. The third-order valence-electron chi connectivity index (χ3n) is 3.09. The number of hydroxylamine groups is 2. The molecule has 0 atom stereocenters. The zero-order chi connectivity index (χ0) is 14.9. The van der Waals surface area contributed by atoms with Crippen LogP contribution in [-0.2, 0) is 17.7 Å². The number of benzene rings is 1. The van der Waals surface area contributed by atoms with Crippen molar-refractivity contribution in [3.8, 4) is 0 Å². The maximum absolute atomic E-state index is 12.9.